The van der Waals surface area contributed by atoms with Crippen molar-refractivity contribution in [1.82, 2.24) is 5.32 Å². The molecule has 1 amide bonds. The predicted octanol–water partition coefficient (Wildman–Crippen LogP) is 2.66. The van der Waals surface area contributed by atoms with Gasteiger partial charge in [-0.15, -0.1) is 0 Å². The average Bonchev–Trinajstić information content (AvgIpc) is 2.39. The summed E-state index contributed by atoms with van der Waals surface area (Å²) in [6.07, 6.45) is 12.8. The molecular formula is C15H23NO3. The highest BCUT2D eigenvalue weighted by atomic mass is 16.4. The van der Waals surface area contributed by atoms with E-state index in [-0.39, 0.29) is 5.91 Å². The molecule has 0 radical (unpaired) electrons. The van der Waals surface area contributed by atoms with Crippen LogP contribution in [0.25, 0.3) is 0 Å². The molecule has 1 aliphatic carbocycles. The number of rotatable bonds is 6. The maximum absolute atomic E-state index is 11.6. The van der Waals surface area contributed by atoms with Crippen LogP contribution in [-0.2, 0) is 9.59 Å². The number of hydrogen-bond donors (Lipinski definition) is 2. The first-order valence-corrected chi connectivity index (χ1v) is 6.96. The smallest absolute Gasteiger partial charge is 0.326 e. The number of carboxylic acids is 1. The number of carboxylic acid groups (broad SMARTS) is 1. The number of amides is 1. The molecule has 0 spiro atoms. The summed E-state index contributed by atoms with van der Waals surface area (Å²) in [7, 11) is 0. The van der Waals surface area contributed by atoms with E-state index in [0.29, 0.717) is 12.3 Å². The Morgan fingerprint density at radius 2 is 1.95 bits per heavy atom. The van der Waals surface area contributed by atoms with Crippen LogP contribution < -0.4 is 5.32 Å². The van der Waals surface area contributed by atoms with Gasteiger partial charge in [-0.25, -0.2) is 4.79 Å². The number of nitrogens with one attached hydrogen (secondary N) is 1. The van der Waals surface area contributed by atoms with Crippen LogP contribution in [0.4, 0.5) is 0 Å². The Bertz CT molecular complexity index is 354. The highest BCUT2D eigenvalue weighted by molar-refractivity contribution is 5.91. The Morgan fingerprint density at radius 3 is 2.53 bits per heavy atom. The van der Waals surface area contributed by atoms with Gasteiger partial charge in [0.15, 0.2) is 0 Å². The number of allylic oxidation sites excluding steroid dienone is 3. The molecule has 0 aromatic heterocycles. The van der Waals surface area contributed by atoms with Gasteiger partial charge in [0.1, 0.15) is 6.04 Å². The van der Waals surface area contributed by atoms with Crippen LogP contribution in [0, 0.1) is 5.92 Å². The minimum Gasteiger partial charge on any atom is -0.480 e. The maximum atomic E-state index is 11.6. The molecule has 0 aliphatic heterocycles. The summed E-state index contributed by atoms with van der Waals surface area (Å²) in [5.41, 5.74) is 0. The fraction of sp³-hybridized carbons (Fsp3) is 0.600. The first-order chi connectivity index (χ1) is 9.13. The molecule has 1 saturated carbocycles. The molecule has 0 aromatic carbocycles. The Labute approximate surface area is 114 Å². The second-order valence-electron chi connectivity index (χ2n) is 5.02. The summed E-state index contributed by atoms with van der Waals surface area (Å²) >= 11 is 0. The quantitative estimate of drug-likeness (QED) is 0.573. The van der Waals surface area contributed by atoms with Crippen molar-refractivity contribution < 1.29 is 14.7 Å². The van der Waals surface area contributed by atoms with Crippen LogP contribution in [0.2, 0.25) is 0 Å². The summed E-state index contributed by atoms with van der Waals surface area (Å²) in [4.78, 5) is 22.8. The zero-order valence-electron chi connectivity index (χ0n) is 11.5. The van der Waals surface area contributed by atoms with E-state index in [1.54, 1.807) is 18.2 Å². The van der Waals surface area contributed by atoms with Gasteiger partial charge in [0, 0.05) is 6.08 Å². The first-order valence-electron chi connectivity index (χ1n) is 6.96. The van der Waals surface area contributed by atoms with Crippen LogP contribution in [0.1, 0.15) is 45.4 Å². The lowest BCUT2D eigenvalue weighted by atomic mass is 9.85. The molecule has 1 aliphatic rings. The molecule has 4 heteroatoms. The lowest BCUT2D eigenvalue weighted by molar-refractivity contribution is -0.141. The van der Waals surface area contributed by atoms with E-state index in [4.69, 9.17) is 0 Å². The lowest BCUT2D eigenvalue weighted by Crippen LogP contribution is -2.41. The van der Waals surface area contributed by atoms with Crippen LogP contribution >= 0.6 is 0 Å². The number of carbonyl (C=O) groups is 2. The predicted molar refractivity (Wildman–Crippen MR) is 74.7 cm³/mol. The van der Waals surface area contributed by atoms with E-state index >= 15 is 0 Å². The SMILES string of the molecule is CC=CC=CC(=O)N[C@H](CC1CCCCC1)C(=O)O. The van der Waals surface area contributed by atoms with Gasteiger partial charge in [-0.2, -0.15) is 0 Å². The van der Waals surface area contributed by atoms with Crippen molar-refractivity contribution in [2.75, 3.05) is 0 Å². The van der Waals surface area contributed by atoms with Gasteiger partial charge in [0.2, 0.25) is 5.91 Å². The van der Waals surface area contributed by atoms with Gasteiger partial charge < -0.3 is 10.4 Å². The van der Waals surface area contributed by atoms with Crippen molar-refractivity contribution >= 4 is 11.9 Å². The monoisotopic (exact) mass is 265 g/mol. The van der Waals surface area contributed by atoms with E-state index in [9.17, 15) is 14.7 Å². The van der Waals surface area contributed by atoms with Crippen molar-refractivity contribution in [3.63, 3.8) is 0 Å². The van der Waals surface area contributed by atoms with Gasteiger partial charge in [0.25, 0.3) is 0 Å². The molecule has 2 N–H and O–H groups in total. The topological polar surface area (TPSA) is 66.4 Å². The largest absolute Gasteiger partial charge is 0.480 e. The molecule has 0 unspecified atom stereocenters. The molecule has 106 valence electrons. The van der Waals surface area contributed by atoms with Crippen molar-refractivity contribution in [3.8, 4) is 0 Å². The fourth-order valence-electron chi connectivity index (χ4n) is 2.45. The van der Waals surface area contributed by atoms with Crippen molar-refractivity contribution in [1.29, 1.82) is 0 Å². The van der Waals surface area contributed by atoms with E-state index < -0.39 is 12.0 Å². The van der Waals surface area contributed by atoms with Crippen LogP contribution in [0.15, 0.2) is 24.3 Å². The third-order valence-electron chi connectivity index (χ3n) is 3.46. The second kappa shape index (κ2) is 8.51. The van der Waals surface area contributed by atoms with E-state index in [1.165, 1.54) is 25.3 Å². The molecule has 1 atom stereocenters. The van der Waals surface area contributed by atoms with E-state index in [0.717, 1.165) is 12.8 Å². The number of carbonyl (C=O) groups excluding carboxylic acids is 1. The molecule has 19 heavy (non-hydrogen) atoms. The lowest BCUT2D eigenvalue weighted by Gasteiger charge is -2.24. The normalized spacial score (nSPS) is 18.8. The van der Waals surface area contributed by atoms with Gasteiger partial charge in [-0.05, 0) is 19.3 Å². The zero-order chi connectivity index (χ0) is 14.1. The minimum atomic E-state index is -0.946. The van der Waals surface area contributed by atoms with Crippen molar-refractivity contribution in [2.45, 2.75) is 51.5 Å². The highest BCUT2D eigenvalue weighted by Crippen LogP contribution is 2.27. The van der Waals surface area contributed by atoms with Crippen LogP contribution in [-0.4, -0.2) is 23.0 Å². The van der Waals surface area contributed by atoms with E-state index in [2.05, 4.69) is 5.32 Å². The summed E-state index contributed by atoms with van der Waals surface area (Å²) in [5, 5.41) is 11.7. The zero-order valence-corrected chi connectivity index (χ0v) is 11.5. The van der Waals surface area contributed by atoms with Gasteiger partial charge in [-0.3, -0.25) is 4.79 Å². The average molecular weight is 265 g/mol. The number of hydrogen-bond acceptors (Lipinski definition) is 2. The fourth-order valence-corrected chi connectivity index (χ4v) is 2.45. The van der Waals surface area contributed by atoms with Crippen LogP contribution in [0.3, 0.4) is 0 Å². The van der Waals surface area contributed by atoms with Gasteiger partial charge in [-0.1, -0.05) is 50.3 Å². The van der Waals surface area contributed by atoms with Gasteiger partial charge in [0.05, 0.1) is 0 Å². The third kappa shape index (κ3) is 6.22. The molecule has 0 saturated heterocycles. The minimum absolute atomic E-state index is 0.346. The summed E-state index contributed by atoms with van der Waals surface area (Å²) in [6.45, 7) is 1.85. The standard InChI is InChI=1S/C15H23NO3/c1-2-3-5-10-14(17)16-13(15(18)19)11-12-8-6-4-7-9-12/h2-3,5,10,12-13H,4,6-9,11H2,1H3,(H,16,17)(H,18,19)/t13-/m1/s1. The Hall–Kier alpha value is -1.58. The van der Waals surface area contributed by atoms with E-state index in [1.807, 2.05) is 6.92 Å². The Morgan fingerprint density at radius 1 is 1.26 bits per heavy atom. The molecule has 1 rings (SSSR count). The molecule has 0 bridgehead atoms. The highest BCUT2D eigenvalue weighted by Gasteiger charge is 2.24. The van der Waals surface area contributed by atoms with Gasteiger partial charge >= 0.3 is 5.97 Å². The van der Waals surface area contributed by atoms with Crippen molar-refractivity contribution in [2.24, 2.45) is 5.92 Å². The molecular weight excluding hydrogens is 242 g/mol. The first kappa shape index (κ1) is 15.5. The van der Waals surface area contributed by atoms with Crippen molar-refractivity contribution in [3.05, 3.63) is 24.3 Å². The molecule has 0 aromatic rings. The van der Waals surface area contributed by atoms with Crippen LogP contribution in [0.5, 0.6) is 0 Å². The molecule has 1 fully saturated rings. The summed E-state index contributed by atoms with van der Waals surface area (Å²) < 4.78 is 0. The Balaban J connectivity index is 2.47. The second-order valence-corrected chi connectivity index (χ2v) is 5.02. The summed E-state index contributed by atoms with van der Waals surface area (Å²) in [6, 6.07) is -0.772. The Kier molecular flexibility index (Phi) is 6.93. The molecule has 0 heterocycles. The summed E-state index contributed by atoms with van der Waals surface area (Å²) in [5.74, 6) is -0.866. The molecule has 4 nitrogen and oxygen atoms in total. The maximum Gasteiger partial charge on any atom is 0.326 e. The number of aliphatic carboxylic acids is 1. The third-order valence-corrected chi connectivity index (χ3v) is 3.46.